The minimum atomic E-state index is -2.64. The van der Waals surface area contributed by atoms with Crippen molar-refractivity contribution < 1.29 is 0 Å². The third-order valence-corrected chi connectivity index (χ3v) is 18.8. The van der Waals surface area contributed by atoms with Crippen molar-refractivity contribution in [2.24, 2.45) is 0 Å². The third kappa shape index (κ3) is 3.92. The molecule has 3 aliphatic heterocycles. The second-order valence-electron chi connectivity index (χ2n) is 13.9. The number of rotatable bonds is 3. The van der Waals surface area contributed by atoms with Gasteiger partial charge in [-0.05, 0) is 0 Å². The van der Waals surface area contributed by atoms with Crippen LogP contribution in [0.2, 0.25) is 0 Å². The van der Waals surface area contributed by atoms with E-state index in [1.807, 2.05) is 0 Å². The molecule has 0 amide bonds. The molecule has 4 heteroatoms. The molecular weight excluding hydrogens is 740 g/mol. The van der Waals surface area contributed by atoms with E-state index in [1.165, 1.54) is 94.0 Å². The van der Waals surface area contributed by atoms with Gasteiger partial charge in [0.1, 0.15) is 0 Å². The number of benzene rings is 9. The van der Waals surface area contributed by atoms with Gasteiger partial charge in [-0.1, -0.05) is 0 Å². The standard InChI is InChI=1S/C48H30N3.Sb/c1-4-13-37-28-46(25-22-34(37)10-1)49-40-16-7-18-42(31-40)50(47-26-23-35-11-2-5-14-38(35)29-47)44-20-9-21-45(33-44)51(43-19-8-17-41(49)32-43)48-27-24-36-12-3-6-15-39(36)30-48;/h1-30H;. The van der Waals surface area contributed by atoms with E-state index >= 15 is 0 Å². The topological polar surface area (TPSA) is 9.72 Å². The fourth-order valence-electron chi connectivity index (χ4n) is 8.84. The van der Waals surface area contributed by atoms with E-state index in [1.54, 1.807) is 0 Å². The van der Waals surface area contributed by atoms with Crippen molar-refractivity contribution in [1.29, 1.82) is 0 Å². The van der Waals surface area contributed by atoms with Crippen LogP contribution >= 0.6 is 0 Å². The molecule has 0 unspecified atom stereocenters. The van der Waals surface area contributed by atoms with E-state index < -0.39 is 20.2 Å². The maximum absolute atomic E-state index is 2.64. The second-order valence-corrected chi connectivity index (χ2v) is 19.6. The van der Waals surface area contributed by atoms with Crippen molar-refractivity contribution in [1.82, 2.24) is 0 Å². The molecule has 3 heterocycles. The molecule has 9 aromatic carbocycles. The number of nitrogens with zero attached hydrogens (tertiary/aromatic N) is 3. The summed E-state index contributed by atoms with van der Waals surface area (Å²) in [7, 11) is 0. The Hall–Kier alpha value is -6.02. The van der Waals surface area contributed by atoms with Gasteiger partial charge in [0.05, 0.1) is 0 Å². The van der Waals surface area contributed by atoms with E-state index in [4.69, 9.17) is 0 Å². The Morgan fingerprint density at radius 3 is 0.808 bits per heavy atom. The van der Waals surface area contributed by atoms with Gasteiger partial charge in [0, 0.05) is 0 Å². The Morgan fingerprint density at radius 2 is 0.519 bits per heavy atom. The summed E-state index contributed by atoms with van der Waals surface area (Å²) in [5.41, 5.74) is 11.4. The van der Waals surface area contributed by atoms with Crippen molar-refractivity contribution in [3.8, 4) is 0 Å². The summed E-state index contributed by atoms with van der Waals surface area (Å²) in [5, 5.41) is 7.52. The van der Waals surface area contributed by atoms with Gasteiger partial charge in [0.15, 0.2) is 0 Å². The van der Waals surface area contributed by atoms with Gasteiger partial charge in [-0.15, -0.1) is 0 Å². The zero-order valence-electron chi connectivity index (χ0n) is 28.1. The van der Waals surface area contributed by atoms with Gasteiger partial charge < -0.3 is 0 Å². The predicted molar refractivity (Wildman–Crippen MR) is 221 cm³/mol. The van der Waals surface area contributed by atoms with Crippen LogP contribution in [0.3, 0.4) is 0 Å². The molecule has 242 valence electrons. The van der Waals surface area contributed by atoms with Crippen LogP contribution in [0.1, 0.15) is 0 Å². The summed E-state index contributed by atoms with van der Waals surface area (Å²) in [6.45, 7) is 0. The monoisotopic (exact) mass is 769 g/mol. The summed E-state index contributed by atoms with van der Waals surface area (Å²) in [6.07, 6.45) is 0. The second kappa shape index (κ2) is 10.7. The van der Waals surface area contributed by atoms with Crippen LogP contribution in [0.25, 0.3) is 32.3 Å². The van der Waals surface area contributed by atoms with Crippen molar-refractivity contribution in [3.63, 3.8) is 0 Å². The zero-order valence-corrected chi connectivity index (χ0v) is 30.7. The van der Waals surface area contributed by atoms with Crippen LogP contribution in [-0.4, -0.2) is 20.2 Å². The summed E-state index contributed by atoms with van der Waals surface area (Å²) < 4.78 is 4.60. The fraction of sp³-hybridized carbons (Fsp3) is 0. The number of hydrogen-bond acceptors (Lipinski definition) is 3. The van der Waals surface area contributed by atoms with E-state index in [2.05, 4.69) is 197 Å². The maximum atomic E-state index is 2.56. The molecule has 0 saturated heterocycles. The molecule has 52 heavy (non-hydrogen) atoms. The van der Waals surface area contributed by atoms with Gasteiger partial charge in [0.25, 0.3) is 0 Å². The summed E-state index contributed by atoms with van der Waals surface area (Å²) in [6, 6.07) is 68.0. The molecule has 0 N–H and O–H groups in total. The summed E-state index contributed by atoms with van der Waals surface area (Å²) in [4.78, 5) is 7.67. The van der Waals surface area contributed by atoms with Crippen molar-refractivity contribution in [3.05, 3.63) is 182 Å². The van der Waals surface area contributed by atoms with E-state index in [-0.39, 0.29) is 0 Å². The first kappa shape index (κ1) is 28.7. The molecule has 3 nitrogen and oxygen atoms in total. The molecule has 0 saturated carbocycles. The summed E-state index contributed by atoms with van der Waals surface area (Å²) in [5.74, 6) is 0. The Balaban J connectivity index is 1.19. The number of anilines is 9. The summed E-state index contributed by atoms with van der Waals surface area (Å²) >= 11 is -2.64. The van der Waals surface area contributed by atoms with Gasteiger partial charge in [-0.25, -0.2) is 0 Å². The van der Waals surface area contributed by atoms with Crippen LogP contribution < -0.4 is 25.2 Å². The Labute approximate surface area is 309 Å². The molecule has 0 fully saturated rings. The van der Waals surface area contributed by atoms with Gasteiger partial charge in [0.2, 0.25) is 0 Å². The van der Waals surface area contributed by atoms with Crippen LogP contribution in [0.4, 0.5) is 51.2 Å². The Kier molecular flexibility index (Phi) is 5.92. The Morgan fingerprint density at radius 1 is 0.250 bits per heavy atom. The number of fused-ring (bicyclic) bond motifs is 3. The molecule has 0 aromatic heterocycles. The first-order valence-electron chi connectivity index (χ1n) is 17.9. The molecular formula is C48H30N3Sb. The SMILES string of the molecule is c1cc2[c]3c(c1)N(c1ccc4ccccc4c1)c1cccc4[c]1[Sb]3[c]1c(cccc1N4c1ccc3ccccc3c1)N2c1ccc2ccccc2c1. The Bertz CT molecular complexity index is 2580. The average Bonchev–Trinajstić information content (AvgIpc) is 3.20. The molecule has 0 bridgehead atoms. The molecule has 12 rings (SSSR count). The van der Waals surface area contributed by atoms with Gasteiger partial charge in [-0.2, -0.15) is 0 Å². The zero-order chi connectivity index (χ0) is 33.9. The molecule has 0 radical (unpaired) electrons. The van der Waals surface area contributed by atoms with E-state index in [0.717, 1.165) is 0 Å². The fourth-order valence-corrected chi connectivity index (χ4v) is 17.7. The first-order chi connectivity index (χ1) is 25.8. The molecule has 0 atom stereocenters. The van der Waals surface area contributed by atoms with Crippen LogP contribution in [0.15, 0.2) is 182 Å². The van der Waals surface area contributed by atoms with Crippen molar-refractivity contribution >= 4 is 114 Å². The van der Waals surface area contributed by atoms with Crippen LogP contribution in [0, 0.1) is 0 Å². The third-order valence-electron chi connectivity index (χ3n) is 11.1. The minimum absolute atomic E-state index is 1.19. The normalized spacial score (nSPS) is 14.0. The quantitative estimate of drug-likeness (QED) is 0.166. The molecule has 3 aliphatic rings. The molecule has 9 aromatic rings. The van der Waals surface area contributed by atoms with E-state index in [9.17, 15) is 0 Å². The van der Waals surface area contributed by atoms with Crippen molar-refractivity contribution in [2.75, 3.05) is 14.7 Å². The van der Waals surface area contributed by atoms with Crippen molar-refractivity contribution in [2.45, 2.75) is 0 Å². The molecule has 0 spiro atoms. The molecule has 0 aliphatic carbocycles. The van der Waals surface area contributed by atoms with Gasteiger partial charge in [-0.3, -0.25) is 0 Å². The van der Waals surface area contributed by atoms with E-state index in [0.29, 0.717) is 0 Å². The van der Waals surface area contributed by atoms with Gasteiger partial charge >= 0.3 is 311 Å². The predicted octanol–water partition coefficient (Wildman–Crippen LogP) is 11.0. The first-order valence-corrected chi connectivity index (χ1v) is 21.7. The number of hydrogen-bond donors (Lipinski definition) is 0. The van der Waals surface area contributed by atoms with Crippen LogP contribution in [0.5, 0.6) is 0 Å². The van der Waals surface area contributed by atoms with Crippen LogP contribution in [-0.2, 0) is 0 Å². The average molecular weight is 771 g/mol.